The molecule has 3 heteroatoms. The first kappa shape index (κ1) is 13.9. The quantitative estimate of drug-likeness (QED) is 0.726. The molecule has 1 saturated heterocycles. The van der Waals surface area contributed by atoms with Crippen LogP contribution in [0.1, 0.15) is 46.5 Å². The van der Waals surface area contributed by atoms with E-state index in [2.05, 4.69) is 18.7 Å². The fraction of sp³-hybridized carbons (Fsp3) is 1.00. The van der Waals surface area contributed by atoms with E-state index in [0.29, 0.717) is 6.54 Å². The lowest BCUT2D eigenvalue weighted by atomic mass is 9.99. The minimum absolute atomic E-state index is 0.362. The molecule has 0 aromatic carbocycles. The van der Waals surface area contributed by atoms with Crippen molar-refractivity contribution < 1.29 is 5.11 Å². The second kappa shape index (κ2) is 5.99. The number of aliphatic hydroxyl groups is 1. The normalized spacial score (nSPS) is 26.2. The molecule has 0 spiro atoms. The Morgan fingerprint density at radius 3 is 2.75 bits per heavy atom. The molecule has 0 aromatic heterocycles. The molecule has 1 heterocycles. The summed E-state index contributed by atoms with van der Waals surface area (Å²) >= 11 is 0. The molecule has 2 atom stereocenters. The Labute approximate surface area is 100 Å². The van der Waals surface area contributed by atoms with E-state index in [4.69, 9.17) is 5.73 Å². The van der Waals surface area contributed by atoms with E-state index >= 15 is 0 Å². The SMILES string of the molecule is CC(C)C1CCCN1CCCC(C)(O)CN. The molecule has 0 amide bonds. The maximum atomic E-state index is 9.83. The molecule has 0 aliphatic carbocycles. The van der Waals surface area contributed by atoms with Crippen molar-refractivity contribution in [2.45, 2.75) is 58.1 Å². The predicted molar refractivity (Wildman–Crippen MR) is 68.3 cm³/mol. The monoisotopic (exact) mass is 228 g/mol. The van der Waals surface area contributed by atoms with Crippen molar-refractivity contribution in [1.29, 1.82) is 0 Å². The van der Waals surface area contributed by atoms with Gasteiger partial charge in [-0.25, -0.2) is 0 Å². The molecule has 1 rings (SSSR count). The highest BCUT2D eigenvalue weighted by Gasteiger charge is 2.27. The average molecular weight is 228 g/mol. The van der Waals surface area contributed by atoms with Crippen LogP contribution in [0.5, 0.6) is 0 Å². The zero-order chi connectivity index (χ0) is 12.2. The summed E-state index contributed by atoms with van der Waals surface area (Å²) in [6.07, 6.45) is 4.53. The molecule has 16 heavy (non-hydrogen) atoms. The van der Waals surface area contributed by atoms with Crippen LogP contribution in [0, 0.1) is 5.92 Å². The zero-order valence-corrected chi connectivity index (χ0v) is 11.1. The van der Waals surface area contributed by atoms with Gasteiger partial charge in [0, 0.05) is 12.6 Å². The van der Waals surface area contributed by atoms with Gasteiger partial charge in [-0.1, -0.05) is 13.8 Å². The average Bonchev–Trinajstić information content (AvgIpc) is 2.66. The second-order valence-electron chi connectivity index (χ2n) is 5.79. The van der Waals surface area contributed by atoms with Gasteiger partial charge in [0.15, 0.2) is 0 Å². The number of rotatable bonds is 6. The lowest BCUT2D eigenvalue weighted by Crippen LogP contribution is -2.37. The van der Waals surface area contributed by atoms with Gasteiger partial charge in [-0.15, -0.1) is 0 Å². The largest absolute Gasteiger partial charge is 0.389 e. The summed E-state index contributed by atoms with van der Waals surface area (Å²) < 4.78 is 0. The number of likely N-dealkylation sites (tertiary alicyclic amines) is 1. The summed E-state index contributed by atoms with van der Waals surface area (Å²) in [6, 6.07) is 0.753. The Balaban J connectivity index is 2.27. The summed E-state index contributed by atoms with van der Waals surface area (Å²) in [4.78, 5) is 2.58. The van der Waals surface area contributed by atoms with Crippen molar-refractivity contribution in [2.75, 3.05) is 19.6 Å². The van der Waals surface area contributed by atoms with E-state index in [1.54, 1.807) is 0 Å². The first-order valence-electron chi connectivity index (χ1n) is 6.63. The summed E-state index contributed by atoms with van der Waals surface area (Å²) in [7, 11) is 0. The van der Waals surface area contributed by atoms with Crippen LogP contribution in [0.2, 0.25) is 0 Å². The summed E-state index contributed by atoms with van der Waals surface area (Å²) in [5.41, 5.74) is 4.84. The third-order valence-corrected chi connectivity index (χ3v) is 3.78. The molecule has 0 saturated carbocycles. The van der Waals surface area contributed by atoms with Crippen LogP contribution in [-0.2, 0) is 0 Å². The number of hydrogen-bond donors (Lipinski definition) is 2. The van der Waals surface area contributed by atoms with Gasteiger partial charge in [-0.3, -0.25) is 0 Å². The van der Waals surface area contributed by atoms with Crippen molar-refractivity contribution in [3.8, 4) is 0 Å². The van der Waals surface area contributed by atoms with Crippen LogP contribution in [0.25, 0.3) is 0 Å². The highest BCUT2D eigenvalue weighted by molar-refractivity contribution is 4.82. The molecule has 0 radical (unpaired) electrons. The Bertz CT molecular complexity index is 204. The first-order valence-corrected chi connectivity index (χ1v) is 6.63. The maximum Gasteiger partial charge on any atom is 0.0741 e. The van der Waals surface area contributed by atoms with Gasteiger partial charge < -0.3 is 15.7 Å². The van der Waals surface area contributed by atoms with Crippen molar-refractivity contribution in [3.05, 3.63) is 0 Å². The highest BCUT2D eigenvalue weighted by Crippen LogP contribution is 2.24. The van der Waals surface area contributed by atoms with E-state index in [1.165, 1.54) is 19.4 Å². The van der Waals surface area contributed by atoms with Crippen LogP contribution in [-0.4, -0.2) is 41.3 Å². The molecule has 2 unspecified atom stereocenters. The second-order valence-corrected chi connectivity index (χ2v) is 5.79. The first-order chi connectivity index (χ1) is 7.46. The third kappa shape index (κ3) is 4.04. The smallest absolute Gasteiger partial charge is 0.0741 e. The third-order valence-electron chi connectivity index (χ3n) is 3.78. The zero-order valence-electron chi connectivity index (χ0n) is 11.1. The van der Waals surface area contributed by atoms with E-state index in [1.807, 2.05) is 6.92 Å². The number of nitrogens with two attached hydrogens (primary N) is 1. The van der Waals surface area contributed by atoms with Crippen molar-refractivity contribution >= 4 is 0 Å². The Hall–Kier alpha value is -0.120. The van der Waals surface area contributed by atoms with Gasteiger partial charge in [0.05, 0.1) is 5.60 Å². The van der Waals surface area contributed by atoms with E-state index < -0.39 is 5.60 Å². The topological polar surface area (TPSA) is 49.5 Å². The van der Waals surface area contributed by atoms with Crippen LogP contribution in [0.3, 0.4) is 0 Å². The summed E-state index contributed by atoms with van der Waals surface area (Å²) in [5.74, 6) is 0.748. The molecule has 0 aromatic rings. The van der Waals surface area contributed by atoms with E-state index in [-0.39, 0.29) is 0 Å². The van der Waals surface area contributed by atoms with Gasteiger partial charge in [0.2, 0.25) is 0 Å². The van der Waals surface area contributed by atoms with Crippen molar-refractivity contribution in [1.82, 2.24) is 4.90 Å². The summed E-state index contributed by atoms with van der Waals surface area (Å²) in [5, 5.41) is 9.83. The van der Waals surface area contributed by atoms with Gasteiger partial charge in [0.1, 0.15) is 0 Å². The van der Waals surface area contributed by atoms with Crippen molar-refractivity contribution in [2.24, 2.45) is 11.7 Å². The van der Waals surface area contributed by atoms with Gasteiger partial charge in [-0.2, -0.15) is 0 Å². The lowest BCUT2D eigenvalue weighted by molar-refractivity contribution is 0.0530. The van der Waals surface area contributed by atoms with Crippen molar-refractivity contribution in [3.63, 3.8) is 0 Å². The fourth-order valence-corrected chi connectivity index (χ4v) is 2.65. The lowest BCUT2D eigenvalue weighted by Gasteiger charge is -2.29. The fourth-order valence-electron chi connectivity index (χ4n) is 2.65. The Morgan fingerprint density at radius 2 is 2.19 bits per heavy atom. The van der Waals surface area contributed by atoms with Crippen LogP contribution >= 0.6 is 0 Å². The van der Waals surface area contributed by atoms with Crippen LogP contribution < -0.4 is 5.73 Å². The number of hydrogen-bond acceptors (Lipinski definition) is 3. The minimum atomic E-state index is -0.674. The van der Waals surface area contributed by atoms with Crippen LogP contribution in [0.15, 0.2) is 0 Å². The molecular formula is C13H28N2O. The summed E-state index contributed by atoms with van der Waals surface area (Å²) in [6.45, 7) is 9.14. The van der Waals surface area contributed by atoms with E-state index in [9.17, 15) is 5.11 Å². The molecule has 1 aliphatic heterocycles. The van der Waals surface area contributed by atoms with E-state index in [0.717, 1.165) is 31.3 Å². The van der Waals surface area contributed by atoms with Gasteiger partial charge in [0.25, 0.3) is 0 Å². The standard InChI is InChI=1S/C13H28N2O/c1-11(2)12-6-4-8-15(12)9-5-7-13(3,16)10-14/h11-12,16H,4-10,14H2,1-3H3. The number of nitrogens with zero attached hydrogens (tertiary/aromatic N) is 1. The van der Waals surface area contributed by atoms with Crippen LogP contribution in [0.4, 0.5) is 0 Å². The molecule has 3 N–H and O–H groups in total. The molecule has 0 bridgehead atoms. The predicted octanol–water partition coefficient (Wildman–Crippen LogP) is 1.60. The maximum absolute atomic E-state index is 9.83. The Morgan fingerprint density at radius 1 is 1.50 bits per heavy atom. The molecule has 96 valence electrons. The molecule has 1 aliphatic rings. The minimum Gasteiger partial charge on any atom is -0.389 e. The van der Waals surface area contributed by atoms with Gasteiger partial charge >= 0.3 is 0 Å². The highest BCUT2D eigenvalue weighted by atomic mass is 16.3. The molecule has 1 fully saturated rings. The van der Waals surface area contributed by atoms with Gasteiger partial charge in [-0.05, 0) is 51.6 Å². The molecule has 3 nitrogen and oxygen atoms in total. The molecular weight excluding hydrogens is 200 g/mol. The Kier molecular flexibility index (Phi) is 5.22.